The first-order chi connectivity index (χ1) is 7.92. The molecule has 0 aliphatic rings. The van der Waals surface area contributed by atoms with Gasteiger partial charge in [-0.05, 0) is 12.1 Å². The van der Waals surface area contributed by atoms with E-state index in [9.17, 15) is 4.79 Å². The summed E-state index contributed by atoms with van der Waals surface area (Å²) in [4.78, 5) is 11.7. The topological polar surface area (TPSA) is 52.9 Å². The Bertz CT molecular complexity index is 443. The molecule has 0 aliphatic carbocycles. The Balaban J connectivity index is 2.60. The van der Waals surface area contributed by atoms with Crippen LogP contribution in [-0.2, 0) is 4.79 Å². The highest BCUT2D eigenvalue weighted by atomic mass is 32.2. The van der Waals surface area contributed by atoms with Crippen LogP contribution in [0.4, 0.5) is 5.69 Å². The summed E-state index contributed by atoms with van der Waals surface area (Å²) in [6, 6.07) is 9.05. The van der Waals surface area contributed by atoms with Crippen molar-refractivity contribution >= 4 is 23.4 Å². The molecular weight excluding hydrogens is 232 g/mol. The fourth-order valence-corrected chi connectivity index (χ4v) is 1.79. The minimum atomic E-state index is -0.0763. The zero-order chi connectivity index (χ0) is 12.9. The van der Waals surface area contributed by atoms with Gasteiger partial charge in [0.1, 0.15) is 6.07 Å². The van der Waals surface area contributed by atoms with Crippen molar-refractivity contribution in [3.05, 3.63) is 29.8 Å². The molecule has 0 fully saturated rings. The summed E-state index contributed by atoms with van der Waals surface area (Å²) in [5.74, 6) is 0.316. The Hall–Kier alpha value is -1.47. The number of hydrogen-bond donors (Lipinski definition) is 1. The third-order valence-corrected chi connectivity index (χ3v) is 3.23. The average molecular weight is 248 g/mol. The molecule has 0 heterocycles. The van der Waals surface area contributed by atoms with Gasteiger partial charge in [-0.15, -0.1) is 11.8 Å². The van der Waals surface area contributed by atoms with Crippen LogP contribution < -0.4 is 5.32 Å². The number of hydrogen-bond acceptors (Lipinski definition) is 3. The lowest BCUT2D eigenvalue weighted by molar-refractivity contribution is -0.113. The van der Waals surface area contributed by atoms with Crippen LogP contribution in [0.15, 0.2) is 24.3 Å². The number of para-hydroxylation sites is 1. The Kier molecular flexibility index (Phi) is 4.59. The van der Waals surface area contributed by atoms with Crippen molar-refractivity contribution in [2.45, 2.75) is 25.5 Å². The Morgan fingerprint density at radius 1 is 1.41 bits per heavy atom. The van der Waals surface area contributed by atoms with Gasteiger partial charge in [-0.2, -0.15) is 5.26 Å². The van der Waals surface area contributed by atoms with Crippen LogP contribution in [0.25, 0.3) is 0 Å². The molecule has 0 saturated carbocycles. The van der Waals surface area contributed by atoms with Gasteiger partial charge in [-0.1, -0.05) is 32.9 Å². The zero-order valence-electron chi connectivity index (χ0n) is 10.3. The van der Waals surface area contributed by atoms with Crippen molar-refractivity contribution in [1.29, 1.82) is 5.26 Å². The summed E-state index contributed by atoms with van der Waals surface area (Å²) in [5.41, 5.74) is 1.07. The van der Waals surface area contributed by atoms with Gasteiger partial charge in [0.15, 0.2) is 0 Å². The number of nitrogens with one attached hydrogen (secondary N) is 1. The Morgan fingerprint density at radius 2 is 2.06 bits per heavy atom. The molecule has 1 aromatic rings. The molecule has 0 aliphatic heterocycles. The van der Waals surface area contributed by atoms with E-state index in [0.717, 1.165) is 0 Å². The van der Waals surface area contributed by atoms with Crippen LogP contribution in [-0.4, -0.2) is 16.4 Å². The molecule has 3 nitrogen and oxygen atoms in total. The number of amides is 1. The van der Waals surface area contributed by atoms with Crippen molar-refractivity contribution in [1.82, 2.24) is 0 Å². The molecule has 90 valence electrons. The van der Waals surface area contributed by atoms with Gasteiger partial charge in [-0.3, -0.25) is 4.79 Å². The number of nitrogens with zero attached hydrogens (tertiary/aromatic N) is 1. The van der Waals surface area contributed by atoms with E-state index >= 15 is 0 Å². The lowest BCUT2D eigenvalue weighted by atomic mass is 10.2. The number of carbonyl (C=O) groups excluding carboxylic acids is 1. The van der Waals surface area contributed by atoms with E-state index in [4.69, 9.17) is 5.26 Å². The smallest absolute Gasteiger partial charge is 0.234 e. The van der Waals surface area contributed by atoms with Crippen molar-refractivity contribution in [3.8, 4) is 6.07 Å². The molecule has 17 heavy (non-hydrogen) atoms. The third-order valence-electron chi connectivity index (χ3n) is 1.96. The van der Waals surface area contributed by atoms with Gasteiger partial charge in [0.25, 0.3) is 0 Å². The lowest BCUT2D eigenvalue weighted by Crippen LogP contribution is -2.19. The molecular formula is C13H16N2OS. The minimum Gasteiger partial charge on any atom is -0.324 e. The van der Waals surface area contributed by atoms with Crippen molar-refractivity contribution < 1.29 is 4.79 Å². The first kappa shape index (κ1) is 13.6. The number of nitriles is 1. The van der Waals surface area contributed by atoms with Crippen LogP contribution in [0, 0.1) is 11.3 Å². The average Bonchev–Trinajstić information content (AvgIpc) is 2.26. The van der Waals surface area contributed by atoms with Gasteiger partial charge in [0.2, 0.25) is 5.91 Å². The predicted octanol–water partition coefficient (Wildman–Crippen LogP) is 3.03. The van der Waals surface area contributed by atoms with E-state index in [-0.39, 0.29) is 10.7 Å². The molecule has 0 radical (unpaired) electrons. The van der Waals surface area contributed by atoms with Gasteiger partial charge in [-0.25, -0.2) is 0 Å². The molecule has 4 heteroatoms. The van der Waals surface area contributed by atoms with Gasteiger partial charge >= 0.3 is 0 Å². The number of carbonyl (C=O) groups is 1. The fraction of sp³-hybridized carbons (Fsp3) is 0.385. The first-order valence-electron chi connectivity index (χ1n) is 5.35. The van der Waals surface area contributed by atoms with Crippen molar-refractivity contribution in [3.63, 3.8) is 0 Å². The van der Waals surface area contributed by atoms with Gasteiger partial charge < -0.3 is 5.32 Å². The second-order valence-electron chi connectivity index (χ2n) is 4.61. The van der Waals surface area contributed by atoms with Crippen LogP contribution >= 0.6 is 11.8 Å². The molecule has 1 aromatic carbocycles. The molecule has 1 amide bonds. The highest BCUT2D eigenvalue weighted by Crippen LogP contribution is 2.23. The molecule has 0 unspecified atom stereocenters. The summed E-state index contributed by atoms with van der Waals surface area (Å²) >= 11 is 1.58. The monoisotopic (exact) mass is 248 g/mol. The quantitative estimate of drug-likeness (QED) is 0.894. The lowest BCUT2D eigenvalue weighted by Gasteiger charge is -2.17. The first-order valence-corrected chi connectivity index (χ1v) is 6.34. The summed E-state index contributed by atoms with van der Waals surface area (Å²) in [6.07, 6.45) is 0. The molecule has 0 bridgehead atoms. The summed E-state index contributed by atoms with van der Waals surface area (Å²) in [7, 11) is 0. The van der Waals surface area contributed by atoms with Crippen LogP contribution in [0.3, 0.4) is 0 Å². The highest BCUT2D eigenvalue weighted by molar-refractivity contribution is 8.01. The minimum absolute atomic E-state index is 0.0616. The molecule has 0 saturated heterocycles. The van der Waals surface area contributed by atoms with Crippen LogP contribution in [0.1, 0.15) is 26.3 Å². The van der Waals surface area contributed by atoms with E-state index in [0.29, 0.717) is 17.0 Å². The van der Waals surface area contributed by atoms with E-state index in [1.807, 2.05) is 0 Å². The maximum Gasteiger partial charge on any atom is 0.234 e. The predicted molar refractivity (Wildman–Crippen MR) is 72.0 cm³/mol. The summed E-state index contributed by atoms with van der Waals surface area (Å²) in [6.45, 7) is 6.19. The molecule has 0 aromatic heterocycles. The number of rotatable bonds is 3. The molecule has 0 atom stereocenters. The maximum absolute atomic E-state index is 11.7. The second-order valence-corrected chi connectivity index (χ2v) is 6.41. The van der Waals surface area contributed by atoms with E-state index < -0.39 is 0 Å². The zero-order valence-corrected chi connectivity index (χ0v) is 11.1. The van der Waals surface area contributed by atoms with Crippen LogP contribution in [0.5, 0.6) is 0 Å². The SMILES string of the molecule is CC(C)(C)SCC(=O)Nc1ccccc1C#N. The van der Waals surface area contributed by atoms with Crippen LogP contribution in [0.2, 0.25) is 0 Å². The maximum atomic E-state index is 11.7. The largest absolute Gasteiger partial charge is 0.324 e. The van der Waals surface area contributed by atoms with Crippen molar-refractivity contribution in [2.24, 2.45) is 0 Å². The van der Waals surface area contributed by atoms with E-state index in [1.165, 1.54) is 0 Å². The number of anilines is 1. The molecule has 1 N–H and O–H groups in total. The summed E-state index contributed by atoms with van der Waals surface area (Å²) < 4.78 is 0.0616. The van der Waals surface area contributed by atoms with E-state index in [2.05, 4.69) is 32.2 Å². The number of thioether (sulfide) groups is 1. The second kappa shape index (κ2) is 5.74. The normalized spacial score (nSPS) is 10.7. The fourth-order valence-electron chi connectivity index (χ4n) is 1.16. The third kappa shape index (κ3) is 4.92. The Labute approximate surface area is 106 Å². The van der Waals surface area contributed by atoms with E-state index in [1.54, 1.807) is 36.0 Å². The Morgan fingerprint density at radius 3 is 2.65 bits per heavy atom. The van der Waals surface area contributed by atoms with Gasteiger partial charge in [0, 0.05) is 4.75 Å². The number of benzene rings is 1. The molecule has 0 spiro atoms. The van der Waals surface area contributed by atoms with Crippen molar-refractivity contribution in [2.75, 3.05) is 11.1 Å². The van der Waals surface area contributed by atoms with Gasteiger partial charge in [0.05, 0.1) is 17.0 Å². The standard InChI is InChI=1S/C13H16N2OS/c1-13(2,3)17-9-12(16)15-11-7-5-4-6-10(11)8-14/h4-7H,9H2,1-3H3,(H,15,16). The molecule has 1 rings (SSSR count). The highest BCUT2D eigenvalue weighted by Gasteiger charge is 2.14. The summed E-state index contributed by atoms with van der Waals surface area (Å²) in [5, 5.41) is 11.6.